The summed E-state index contributed by atoms with van der Waals surface area (Å²) in [5, 5.41) is 8.82. The number of para-hydroxylation sites is 1. The number of hydrogen-bond acceptors (Lipinski definition) is 4. The molecule has 0 radical (unpaired) electrons. The Labute approximate surface area is 113 Å². The Hall–Kier alpha value is -1.86. The van der Waals surface area contributed by atoms with Crippen molar-refractivity contribution in [3.8, 4) is 5.75 Å². The zero-order valence-corrected chi connectivity index (χ0v) is 10.9. The van der Waals surface area contributed by atoms with Crippen molar-refractivity contribution >= 4 is 27.3 Å². The fourth-order valence-electron chi connectivity index (χ4n) is 1.36. The molecule has 19 heavy (non-hydrogen) atoms. The smallest absolute Gasteiger partial charge is 0.282 e. The highest BCUT2D eigenvalue weighted by molar-refractivity contribution is 7.92. The standard InChI is InChI=1S/C11H8ClFN2O3S/c12-7-3-1-5-9(10(7)16)15-19(17,18)11-8(13)4-2-6-14-11/h1-6,15-16H. The normalized spacial score (nSPS) is 11.3. The van der Waals surface area contributed by atoms with Crippen LogP contribution < -0.4 is 4.72 Å². The maximum absolute atomic E-state index is 13.4. The molecule has 1 aromatic carbocycles. The van der Waals surface area contributed by atoms with Crippen LogP contribution in [0.5, 0.6) is 5.75 Å². The molecule has 0 aliphatic heterocycles. The number of phenolic OH excluding ortho intramolecular Hbond substituents is 1. The highest BCUT2D eigenvalue weighted by Crippen LogP contribution is 2.32. The Balaban J connectivity index is 2.43. The molecule has 0 unspecified atom stereocenters. The topological polar surface area (TPSA) is 79.3 Å². The molecule has 0 saturated heterocycles. The van der Waals surface area contributed by atoms with E-state index >= 15 is 0 Å². The molecule has 0 bridgehead atoms. The second-order valence-electron chi connectivity index (χ2n) is 3.53. The minimum Gasteiger partial charge on any atom is -0.504 e. The van der Waals surface area contributed by atoms with E-state index in [2.05, 4.69) is 4.98 Å². The summed E-state index contributed by atoms with van der Waals surface area (Å²) in [6, 6.07) is 6.36. The molecule has 2 N–H and O–H groups in total. The summed E-state index contributed by atoms with van der Waals surface area (Å²) in [6.07, 6.45) is 1.15. The summed E-state index contributed by atoms with van der Waals surface area (Å²) in [4.78, 5) is 3.46. The number of rotatable bonds is 3. The number of halogens is 2. The van der Waals surface area contributed by atoms with Gasteiger partial charge in [0.05, 0.1) is 10.7 Å². The molecule has 0 saturated carbocycles. The van der Waals surface area contributed by atoms with Crippen molar-refractivity contribution in [1.29, 1.82) is 0 Å². The Morgan fingerprint density at radius 2 is 2.00 bits per heavy atom. The second kappa shape index (κ2) is 5.02. The average Bonchev–Trinajstić information content (AvgIpc) is 2.35. The van der Waals surface area contributed by atoms with E-state index in [9.17, 15) is 17.9 Å². The highest BCUT2D eigenvalue weighted by atomic mass is 35.5. The van der Waals surface area contributed by atoms with Gasteiger partial charge in [0.15, 0.2) is 11.6 Å². The summed E-state index contributed by atoms with van der Waals surface area (Å²) in [5.74, 6) is -1.43. The van der Waals surface area contributed by atoms with E-state index in [4.69, 9.17) is 11.6 Å². The Morgan fingerprint density at radius 3 is 2.68 bits per heavy atom. The van der Waals surface area contributed by atoms with Crippen LogP contribution in [0.25, 0.3) is 0 Å². The fraction of sp³-hybridized carbons (Fsp3) is 0. The molecule has 0 aliphatic rings. The molecule has 0 aliphatic carbocycles. The lowest BCUT2D eigenvalue weighted by molar-refractivity contribution is 0.478. The first kappa shape index (κ1) is 13.6. The summed E-state index contributed by atoms with van der Waals surface area (Å²) in [7, 11) is -4.24. The van der Waals surface area contributed by atoms with Crippen molar-refractivity contribution in [3.63, 3.8) is 0 Å². The van der Waals surface area contributed by atoms with E-state index in [0.29, 0.717) is 0 Å². The largest absolute Gasteiger partial charge is 0.504 e. The SMILES string of the molecule is O=S(=O)(Nc1cccc(Cl)c1O)c1ncccc1F. The van der Waals surface area contributed by atoms with E-state index in [-0.39, 0.29) is 10.7 Å². The van der Waals surface area contributed by atoms with Gasteiger partial charge in [0.2, 0.25) is 5.03 Å². The van der Waals surface area contributed by atoms with Crippen LogP contribution in [0.4, 0.5) is 10.1 Å². The Morgan fingerprint density at radius 1 is 1.26 bits per heavy atom. The number of aromatic nitrogens is 1. The van der Waals surface area contributed by atoms with Crippen LogP contribution in [0.3, 0.4) is 0 Å². The van der Waals surface area contributed by atoms with E-state index in [0.717, 1.165) is 12.3 Å². The van der Waals surface area contributed by atoms with E-state index < -0.39 is 26.6 Å². The number of sulfonamides is 1. The molecule has 0 spiro atoms. The minimum absolute atomic E-state index is 0.0262. The number of pyridine rings is 1. The highest BCUT2D eigenvalue weighted by Gasteiger charge is 2.22. The lowest BCUT2D eigenvalue weighted by atomic mass is 10.3. The molecule has 1 heterocycles. The molecule has 2 rings (SSSR count). The second-order valence-corrected chi connectivity index (χ2v) is 5.54. The first-order chi connectivity index (χ1) is 8.92. The Kier molecular flexibility index (Phi) is 3.59. The predicted octanol–water partition coefficient (Wildman–Crippen LogP) is 2.38. The Bertz CT molecular complexity index is 722. The van der Waals surface area contributed by atoms with Crippen molar-refractivity contribution in [3.05, 3.63) is 47.4 Å². The van der Waals surface area contributed by atoms with Gasteiger partial charge in [-0.25, -0.2) is 9.37 Å². The third-order valence-corrected chi connectivity index (χ3v) is 3.81. The maximum Gasteiger partial charge on any atom is 0.282 e. The summed E-state index contributed by atoms with van der Waals surface area (Å²) >= 11 is 5.65. The van der Waals surface area contributed by atoms with Crippen LogP contribution in [0.1, 0.15) is 0 Å². The predicted molar refractivity (Wildman–Crippen MR) is 68.1 cm³/mol. The number of benzene rings is 1. The molecular formula is C11H8ClFN2O3S. The van der Waals surface area contributed by atoms with Gasteiger partial charge in [-0.05, 0) is 24.3 Å². The lowest BCUT2D eigenvalue weighted by Gasteiger charge is -2.09. The van der Waals surface area contributed by atoms with Gasteiger partial charge >= 0.3 is 0 Å². The van der Waals surface area contributed by atoms with Gasteiger partial charge in [-0.15, -0.1) is 0 Å². The number of anilines is 1. The number of nitrogens with zero attached hydrogens (tertiary/aromatic N) is 1. The van der Waals surface area contributed by atoms with Crippen molar-refractivity contribution in [2.45, 2.75) is 5.03 Å². The maximum atomic E-state index is 13.4. The number of aromatic hydroxyl groups is 1. The molecule has 0 amide bonds. The number of phenols is 1. The fourth-order valence-corrected chi connectivity index (χ4v) is 2.61. The molecule has 8 heteroatoms. The zero-order valence-electron chi connectivity index (χ0n) is 9.34. The minimum atomic E-state index is -4.24. The molecule has 100 valence electrons. The van der Waals surface area contributed by atoms with Crippen molar-refractivity contribution in [2.75, 3.05) is 4.72 Å². The van der Waals surface area contributed by atoms with Gasteiger partial charge in [-0.3, -0.25) is 4.72 Å². The summed E-state index contributed by atoms with van der Waals surface area (Å²) in [5.41, 5.74) is -0.155. The van der Waals surface area contributed by atoms with E-state index in [1.54, 1.807) is 0 Å². The molecule has 2 aromatic rings. The third kappa shape index (κ3) is 2.77. The van der Waals surface area contributed by atoms with Gasteiger partial charge in [-0.2, -0.15) is 8.42 Å². The summed E-state index contributed by atoms with van der Waals surface area (Å²) in [6.45, 7) is 0. The third-order valence-electron chi connectivity index (χ3n) is 2.21. The van der Waals surface area contributed by atoms with Gasteiger partial charge in [0.1, 0.15) is 0 Å². The lowest BCUT2D eigenvalue weighted by Crippen LogP contribution is -2.16. The van der Waals surface area contributed by atoms with Gasteiger partial charge in [0, 0.05) is 6.20 Å². The van der Waals surface area contributed by atoms with Crippen molar-refractivity contribution in [2.24, 2.45) is 0 Å². The monoisotopic (exact) mass is 302 g/mol. The molecule has 0 fully saturated rings. The van der Waals surface area contributed by atoms with Crippen LogP contribution in [0, 0.1) is 5.82 Å². The summed E-state index contributed by atoms with van der Waals surface area (Å²) < 4.78 is 39.3. The number of nitrogens with one attached hydrogen (secondary N) is 1. The van der Waals surface area contributed by atoms with Crippen LogP contribution in [-0.4, -0.2) is 18.5 Å². The van der Waals surface area contributed by atoms with Gasteiger partial charge in [0.25, 0.3) is 10.0 Å². The average molecular weight is 303 g/mol. The van der Waals surface area contributed by atoms with E-state index in [1.807, 2.05) is 4.72 Å². The van der Waals surface area contributed by atoms with Gasteiger partial charge < -0.3 is 5.11 Å². The first-order valence-electron chi connectivity index (χ1n) is 5.02. The van der Waals surface area contributed by atoms with E-state index in [1.165, 1.54) is 24.3 Å². The molecule has 5 nitrogen and oxygen atoms in total. The first-order valence-corrected chi connectivity index (χ1v) is 6.89. The van der Waals surface area contributed by atoms with Crippen molar-refractivity contribution in [1.82, 2.24) is 4.98 Å². The quantitative estimate of drug-likeness (QED) is 0.853. The van der Waals surface area contributed by atoms with Crippen LogP contribution >= 0.6 is 11.6 Å². The number of hydrogen-bond donors (Lipinski definition) is 2. The molecular weight excluding hydrogens is 295 g/mol. The van der Waals surface area contributed by atoms with Crippen LogP contribution in [0.15, 0.2) is 41.6 Å². The molecule has 0 atom stereocenters. The van der Waals surface area contributed by atoms with Crippen LogP contribution in [-0.2, 0) is 10.0 Å². The van der Waals surface area contributed by atoms with Crippen molar-refractivity contribution < 1.29 is 17.9 Å². The van der Waals surface area contributed by atoms with Gasteiger partial charge in [-0.1, -0.05) is 17.7 Å². The molecule has 1 aromatic heterocycles. The van der Waals surface area contributed by atoms with Crippen LogP contribution in [0.2, 0.25) is 5.02 Å². The zero-order chi connectivity index (χ0) is 14.0.